The molecule has 0 spiro atoms. The molecule has 33 heavy (non-hydrogen) atoms. The van der Waals surface area contributed by atoms with E-state index in [2.05, 4.69) is 20.6 Å². The first kappa shape index (κ1) is 22.8. The Hall–Kier alpha value is -3.36. The molecule has 1 aliphatic heterocycles. The van der Waals surface area contributed by atoms with Crippen LogP contribution in [0, 0.1) is 5.92 Å². The third-order valence-electron chi connectivity index (χ3n) is 5.49. The van der Waals surface area contributed by atoms with Crippen LogP contribution in [0.5, 0.6) is 0 Å². The molecule has 0 bridgehead atoms. The summed E-state index contributed by atoms with van der Waals surface area (Å²) >= 11 is 0. The van der Waals surface area contributed by atoms with Gasteiger partial charge in [0.05, 0.1) is 5.69 Å². The van der Waals surface area contributed by atoms with Crippen LogP contribution < -0.4 is 10.6 Å². The second kappa shape index (κ2) is 12.0. The van der Waals surface area contributed by atoms with Crippen LogP contribution in [0.15, 0.2) is 66.2 Å². The topological polar surface area (TPSA) is 93.6 Å². The number of amidine groups is 1. The molecule has 8 heteroatoms. The molecule has 0 radical (unpaired) electrons. The summed E-state index contributed by atoms with van der Waals surface area (Å²) in [6.45, 7) is 3.49. The number of methoxy groups -OCH3 is 1. The molecule has 172 valence electrons. The number of pyridine rings is 3. The van der Waals surface area contributed by atoms with Gasteiger partial charge in [-0.3, -0.25) is 9.97 Å². The highest BCUT2D eigenvalue weighted by Gasteiger charge is 2.15. The fourth-order valence-corrected chi connectivity index (χ4v) is 3.65. The molecule has 8 nitrogen and oxygen atoms in total. The van der Waals surface area contributed by atoms with Crippen molar-refractivity contribution in [2.45, 2.75) is 19.4 Å². The van der Waals surface area contributed by atoms with Gasteiger partial charge in [-0.15, -0.1) is 0 Å². The molecule has 0 aromatic carbocycles. The maximum Gasteiger partial charge on any atom is 0.153 e. The number of nitrogens with zero attached hydrogens (tertiary/aromatic N) is 4. The van der Waals surface area contributed by atoms with Crippen molar-refractivity contribution < 1.29 is 9.47 Å². The van der Waals surface area contributed by atoms with Crippen molar-refractivity contribution in [1.29, 1.82) is 0 Å². The van der Waals surface area contributed by atoms with Crippen molar-refractivity contribution in [3.05, 3.63) is 66.7 Å². The maximum absolute atomic E-state index is 5.47. The Labute approximate surface area is 194 Å². The lowest BCUT2D eigenvalue weighted by Crippen LogP contribution is -2.34. The van der Waals surface area contributed by atoms with Crippen molar-refractivity contribution in [1.82, 2.24) is 20.3 Å². The number of aliphatic imine (C=N–C) groups is 1. The van der Waals surface area contributed by atoms with Gasteiger partial charge in [-0.05, 0) is 54.7 Å². The smallest absolute Gasteiger partial charge is 0.153 e. The molecule has 4 rings (SSSR count). The van der Waals surface area contributed by atoms with Gasteiger partial charge in [0.1, 0.15) is 18.1 Å². The van der Waals surface area contributed by atoms with Gasteiger partial charge in [0.25, 0.3) is 0 Å². The molecule has 1 aliphatic rings. The minimum Gasteiger partial charge on any atom is -0.381 e. The highest BCUT2D eigenvalue weighted by atomic mass is 16.5. The summed E-state index contributed by atoms with van der Waals surface area (Å²) in [5.74, 6) is 2.06. The van der Waals surface area contributed by atoms with Gasteiger partial charge in [0.15, 0.2) is 5.82 Å². The number of hydrogen-bond acceptors (Lipinski definition) is 7. The van der Waals surface area contributed by atoms with E-state index in [-0.39, 0.29) is 0 Å². The average molecular weight is 447 g/mol. The third kappa shape index (κ3) is 6.81. The molecule has 3 aromatic rings. The quantitative estimate of drug-likeness (QED) is 0.381. The molecule has 2 N–H and O–H groups in total. The van der Waals surface area contributed by atoms with Crippen molar-refractivity contribution in [2.24, 2.45) is 10.9 Å². The molecule has 0 aliphatic carbocycles. The van der Waals surface area contributed by atoms with Crippen LogP contribution in [0.3, 0.4) is 0 Å². The second-order valence-electron chi connectivity index (χ2n) is 7.95. The molecule has 0 saturated carbocycles. The van der Waals surface area contributed by atoms with Gasteiger partial charge in [0, 0.05) is 63.8 Å². The summed E-state index contributed by atoms with van der Waals surface area (Å²) in [6, 6.07) is 11.8. The van der Waals surface area contributed by atoms with Crippen LogP contribution in [0.4, 0.5) is 11.5 Å². The van der Waals surface area contributed by atoms with Gasteiger partial charge in [0.2, 0.25) is 0 Å². The van der Waals surface area contributed by atoms with Crippen LogP contribution in [-0.4, -0.2) is 54.3 Å². The van der Waals surface area contributed by atoms with Crippen LogP contribution >= 0.6 is 0 Å². The lowest BCUT2D eigenvalue weighted by Gasteiger charge is -2.23. The maximum atomic E-state index is 5.47. The summed E-state index contributed by atoms with van der Waals surface area (Å²) in [5.41, 5.74) is 3.60. The highest BCUT2D eigenvalue weighted by Crippen LogP contribution is 2.28. The summed E-state index contributed by atoms with van der Waals surface area (Å²) < 4.78 is 10.9. The first-order valence-electron chi connectivity index (χ1n) is 11.2. The number of ether oxygens (including phenoxy) is 2. The molecule has 0 amide bonds. The zero-order valence-electron chi connectivity index (χ0n) is 18.9. The normalized spacial score (nSPS) is 14.8. The Kier molecular flexibility index (Phi) is 8.32. The molecular weight excluding hydrogens is 416 g/mol. The molecule has 0 unspecified atom stereocenters. The Morgan fingerprint density at radius 2 is 1.91 bits per heavy atom. The number of nitrogens with one attached hydrogen (secondary N) is 2. The van der Waals surface area contributed by atoms with Crippen molar-refractivity contribution in [3.8, 4) is 11.3 Å². The van der Waals surface area contributed by atoms with Gasteiger partial charge < -0.3 is 20.1 Å². The first-order chi connectivity index (χ1) is 16.3. The van der Waals surface area contributed by atoms with E-state index in [9.17, 15) is 0 Å². The number of hydrogen-bond donors (Lipinski definition) is 2. The zero-order valence-corrected chi connectivity index (χ0v) is 18.9. The minimum atomic E-state index is 0.398. The summed E-state index contributed by atoms with van der Waals surface area (Å²) in [4.78, 5) is 18.1. The summed E-state index contributed by atoms with van der Waals surface area (Å²) in [5, 5.41) is 6.91. The van der Waals surface area contributed by atoms with Crippen LogP contribution in [0.1, 0.15) is 18.4 Å². The zero-order chi connectivity index (χ0) is 22.7. The SMILES string of the molecule is COC/C(=N\c1ccc(-c2cccnc2)nc1NCc1cccnc1)NCC1CCOCC1. The predicted octanol–water partition coefficient (Wildman–Crippen LogP) is 3.84. The molecule has 4 heterocycles. The van der Waals surface area contributed by atoms with Crippen molar-refractivity contribution in [2.75, 3.05) is 38.8 Å². The molecule has 1 saturated heterocycles. The van der Waals surface area contributed by atoms with E-state index in [1.165, 1.54) is 0 Å². The van der Waals surface area contributed by atoms with E-state index < -0.39 is 0 Å². The van der Waals surface area contributed by atoms with Crippen molar-refractivity contribution >= 4 is 17.3 Å². The lowest BCUT2D eigenvalue weighted by atomic mass is 10.0. The number of rotatable bonds is 9. The van der Waals surface area contributed by atoms with Crippen LogP contribution in [0.25, 0.3) is 11.3 Å². The monoisotopic (exact) mass is 446 g/mol. The van der Waals surface area contributed by atoms with Crippen LogP contribution in [0.2, 0.25) is 0 Å². The largest absolute Gasteiger partial charge is 0.381 e. The van der Waals surface area contributed by atoms with Gasteiger partial charge in [-0.25, -0.2) is 9.98 Å². The Balaban J connectivity index is 1.57. The average Bonchev–Trinajstić information content (AvgIpc) is 2.88. The molecule has 0 atom stereocenters. The third-order valence-corrected chi connectivity index (χ3v) is 5.49. The molecule has 1 fully saturated rings. The molecular formula is C25H30N6O2. The Morgan fingerprint density at radius 1 is 1.09 bits per heavy atom. The Bertz CT molecular complexity index is 1020. The van der Waals surface area contributed by atoms with E-state index in [4.69, 9.17) is 19.5 Å². The fourth-order valence-electron chi connectivity index (χ4n) is 3.65. The van der Waals surface area contributed by atoms with E-state index in [0.29, 0.717) is 24.9 Å². The van der Waals surface area contributed by atoms with Gasteiger partial charge in [-0.1, -0.05) is 6.07 Å². The molecule has 3 aromatic heterocycles. The van der Waals surface area contributed by atoms with Crippen molar-refractivity contribution in [3.63, 3.8) is 0 Å². The summed E-state index contributed by atoms with van der Waals surface area (Å²) in [7, 11) is 1.68. The van der Waals surface area contributed by atoms with E-state index >= 15 is 0 Å². The second-order valence-corrected chi connectivity index (χ2v) is 7.95. The Morgan fingerprint density at radius 3 is 2.64 bits per heavy atom. The standard InChI is InChI=1S/C25H30N6O2/c1-32-18-24(28-15-19-8-12-33-13-9-19)30-23-7-6-22(21-5-3-11-27-17-21)31-25(23)29-16-20-4-2-10-26-14-20/h2-7,10-11,14,17,19H,8-9,12-13,15-16,18H2,1H3,(H,28,30)(H,29,31). The first-order valence-corrected chi connectivity index (χ1v) is 11.2. The van der Waals surface area contributed by atoms with E-state index in [0.717, 1.165) is 60.9 Å². The fraction of sp³-hybridized carbons (Fsp3) is 0.360. The minimum absolute atomic E-state index is 0.398. The van der Waals surface area contributed by atoms with Crippen LogP contribution in [-0.2, 0) is 16.0 Å². The lowest BCUT2D eigenvalue weighted by molar-refractivity contribution is 0.0674. The number of aromatic nitrogens is 3. The predicted molar refractivity (Wildman–Crippen MR) is 130 cm³/mol. The number of anilines is 1. The summed E-state index contributed by atoms with van der Waals surface area (Å²) in [6.07, 6.45) is 9.29. The van der Waals surface area contributed by atoms with E-state index in [1.807, 2.05) is 48.8 Å². The van der Waals surface area contributed by atoms with E-state index in [1.54, 1.807) is 19.5 Å². The van der Waals surface area contributed by atoms with Gasteiger partial charge >= 0.3 is 0 Å². The highest BCUT2D eigenvalue weighted by molar-refractivity contribution is 5.87. The van der Waals surface area contributed by atoms with Gasteiger partial charge in [-0.2, -0.15) is 0 Å².